The molecule has 0 aromatic carbocycles. The molecule has 0 radical (unpaired) electrons. The zero-order valence-electron chi connectivity index (χ0n) is 15.6. The third kappa shape index (κ3) is 4.17. The molecule has 2 amide bonds. The van der Waals surface area contributed by atoms with Gasteiger partial charge in [0.15, 0.2) is 0 Å². The fourth-order valence-corrected chi connectivity index (χ4v) is 3.82. The zero-order chi connectivity index (χ0) is 18.6. The second kappa shape index (κ2) is 7.89. The van der Waals surface area contributed by atoms with Gasteiger partial charge in [-0.3, -0.25) is 0 Å². The highest BCUT2D eigenvalue weighted by Crippen LogP contribution is 2.18. The van der Waals surface area contributed by atoms with Crippen molar-refractivity contribution in [3.63, 3.8) is 0 Å². The minimum atomic E-state index is -0.104. The Balaban J connectivity index is 1.30. The number of anilines is 1. The summed E-state index contributed by atoms with van der Waals surface area (Å²) in [6.45, 7) is 4.49. The van der Waals surface area contributed by atoms with E-state index >= 15 is 0 Å². The topological polar surface area (TPSA) is 101 Å². The Kier molecular flexibility index (Phi) is 5.17. The Hall–Kier alpha value is -2.71. The van der Waals surface area contributed by atoms with Crippen molar-refractivity contribution in [3.05, 3.63) is 30.2 Å². The van der Waals surface area contributed by atoms with Gasteiger partial charge in [0, 0.05) is 37.3 Å². The van der Waals surface area contributed by atoms with Gasteiger partial charge in [0.2, 0.25) is 0 Å². The summed E-state index contributed by atoms with van der Waals surface area (Å²) in [4.78, 5) is 27.6. The van der Waals surface area contributed by atoms with Gasteiger partial charge in [0.1, 0.15) is 24.3 Å². The van der Waals surface area contributed by atoms with E-state index < -0.39 is 0 Å². The van der Waals surface area contributed by atoms with Crippen molar-refractivity contribution in [3.8, 4) is 0 Å². The third-order valence-corrected chi connectivity index (χ3v) is 5.29. The summed E-state index contributed by atoms with van der Waals surface area (Å²) in [6, 6.07) is 2.14. The van der Waals surface area contributed by atoms with Crippen molar-refractivity contribution in [2.24, 2.45) is 0 Å². The number of carbonyl (C=O) groups excluding carboxylic acids is 1. The molecule has 2 N–H and O–H groups in total. The van der Waals surface area contributed by atoms with E-state index in [0.717, 1.165) is 62.5 Å². The molecule has 2 aromatic heterocycles. The lowest BCUT2D eigenvalue weighted by molar-refractivity contribution is 0.226. The highest BCUT2D eigenvalue weighted by molar-refractivity contribution is 5.74. The first-order valence-electron chi connectivity index (χ1n) is 9.71. The van der Waals surface area contributed by atoms with Crippen molar-refractivity contribution in [1.29, 1.82) is 0 Å². The fraction of sp³-hybridized carbons (Fsp3) is 0.611. The van der Waals surface area contributed by atoms with Crippen molar-refractivity contribution >= 4 is 11.8 Å². The lowest BCUT2D eigenvalue weighted by Gasteiger charge is -2.34. The predicted octanol–water partition coefficient (Wildman–Crippen LogP) is 0.913. The van der Waals surface area contributed by atoms with Crippen molar-refractivity contribution in [1.82, 2.24) is 35.4 Å². The maximum atomic E-state index is 12.5. The van der Waals surface area contributed by atoms with Crippen LogP contribution in [0.15, 0.2) is 18.7 Å². The Morgan fingerprint density at radius 1 is 1.15 bits per heavy atom. The molecule has 1 saturated heterocycles. The molecule has 2 aromatic rings. The van der Waals surface area contributed by atoms with Crippen LogP contribution >= 0.6 is 0 Å². The molecule has 2 aliphatic heterocycles. The van der Waals surface area contributed by atoms with E-state index in [9.17, 15) is 4.79 Å². The Bertz CT molecular complexity index is 791. The number of nitrogens with zero attached hydrogens (tertiary/aromatic N) is 6. The van der Waals surface area contributed by atoms with Crippen LogP contribution in [-0.2, 0) is 19.4 Å². The Morgan fingerprint density at radius 2 is 2.00 bits per heavy atom. The second-order valence-electron chi connectivity index (χ2n) is 7.22. The molecule has 2 unspecified atom stereocenters. The SMILES string of the molecule is CCc1cc(N2CCCC(NC(=O)NC3CCc4ncnn4C3)C2)ncn1. The number of piperidine rings is 1. The van der Waals surface area contributed by atoms with Gasteiger partial charge >= 0.3 is 6.03 Å². The lowest BCUT2D eigenvalue weighted by Crippen LogP contribution is -2.53. The summed E-state index contributed by atoms with van der Waals surface area (Å²) in [5.41, 5.74) is 1.04. The van der Waals surface area contributed by atoms with Gasteiger partial charge in [-0.15, -0.1) is 0 Å². The minimum absolute atomic E-state index is 0.0906. The molecule has 0 saturated carbocycles. The predicted molar refractivity (Wildman–Crippen MR) is 100 cm³/mol. The second-order valence-corrected chi connectivity index (χ2v) is 7.22. The van der Waals surface area contributed by atoms with E-state index in [-0.39, 0.29) is 18.1 Å². The molecule has 0 spiro atoms. The lowest BCUT2D eigenvalue weighted by atomic mass is 10.1. The number of aromatic nitrogens is 5. The number of rotatable bonds is 4. The summed E-state index contributed by atoms with van der Waals surface area (Å²) < 4.78 is 1.87. The van der Waals surface area contributed by atoms with Gasteiger partial charge in [0.25, 0.3) is 0 Å². The summed E-state index contributed by atoms with van der Waals surface area (Å²) in [7, 11) is 0. The number of aryl methyl sites for hydroxylation is 2. The van der Waals surface area contributed by atoms with E-state index in [0.29, 0.717) is 6.54 Å². The molecule has 144 valence electrons. The van der Waals surface area contributed by atoms with Crippen LogP contribution in [0.5, 0.6) is 0 Å². The number of amides is 2. The highest BCUT2D eigenvalue weighted by Gasteiger charge is 2.25. The average molecular weight is 370 g/mol. The number of fused-ring (bicyclic) bond motifs is 1. The standard InChI is InChI=1S/C18H26N8O/c1-2-13-8-17(20-11-19-13)25-7-3-4-14(9-25)23-18(27)24-15-5-6-16-21-12-22-26(16)10-15/h8,11-12,14-15H,2-7,9-10H2,1H3,(H2,23,24,27). The molecule has 9 nitrogen and oxygen atoms in total. The molecular formula is C18H26N8O. The van der Waals surface area contributed by atoms with Crippen LogP contribution in [0.2, 0.25) is 0 Å². The molecule has 4 rings (SSSR count). The van der Waals surface area contributed by atoms with Crippen molar-refractivity contribution in [2.45, 2.75) is 57.7 Å². The zero-order valence-corrected chi connectivity index (χ0v) is 15.6. The van der Waals surface area contributed by atoms with Gasteiger partial charge in [-0.2, -0.15) is 5.10 Å². The van der Waals surface area contributed by atoms with E-state index in [1.807, 2.05) is 10.7 Å². The van der Waals surface area contributed by atoms with Crippen LogP contribution < -0.4 is 15.5 Å². The first kappa shape index (κ1) is 17.7. The molecule has 9 heteroatoms. The molecular weight excluding hydrogens is 344 g/mol. The number of hydrogen-bond donors (Lipinski definition) is 2. The van der Waals surface area contributed by atoms with E-state index in [1.165, 1.54) is 0 Å². The first-order valence-corrected chi connectivity index (χ1v) is 9.71. The number of nitrogens with one attached hydrogen (secondary N) is 2. The molecule has 2 aliphatic rings. The molecule has 0 bridgehead atoms. The average Bonchev–Trinajstić information content (AvgIpc) is 3.16. The van der Waals surface area contributed by atoms with Crippen LogP contribution in [-0.4, -0.2) is 55.9 Å². The van der Waals surface area contributed by atoms with Gasteiger partial charge in [0.05, 0.1) is 12.6 Å². The van der Waals surface area contributed by atoms with Crippen molar-refractivity contribution in [2.75, 3.05) is 18.0 Å². The van der Waals surface area contributed by atoms with Crippen LogP contribution in [0, 0.1) is 0 Å². The molecule has 1 fully saturated rings. The Labute approximate surface area is 158 Å². The van der Waals surface area contributed by atoms with Crippen molar-refractivity contribution < 1.29 is 4.79 Å². The summed E-state index contributed by atoms with van der Waals surface area (Å²) in [6.07, 6.45) is 7.84. The molecule has 4 heterocycles. The van der Waals surface area contributed by atoms with Crippen LogP contribution in [0.1, 0.15) is 37.7 Å². The smallest absolute Gasteiger partial charge is 0.315 e. The number of urea groups is 1. The maximum absolute atomic E-state index is 12.5. The van der Waals surface area contributed by atoms with E-state index in [4.69, 9.17) is 0 Å². The maximum Gasteiger partial charge on any atom is 0.315 e. The van der Waals surface area contributed by atoms with Crippen LogP contribution in [0.3, 0.4) is 0 Å². The fourth-order valence-electron chi connectivity index (χ4n) is 3.82. The largest absolute Gasteiger partial charge is 0.354 e. The van der Waals surface area contributed by atoms with E-state index in [1.54, 1.807) is 12.7 Å². The van der Waals surface area contributed by atoms with Gasteiger partial charge in [-0.05, 0) is 25.7 Å². The highest BCUT2D eigenvalue weighted by atomic mass is 16.2. The van der Waals surface area contributed by atoms with Crippen LogP contribution in [0.4, 0.5) is 10.6 Å². The van der Waals surface area contributed by atoms with Crippen LogP contribution in [0.25, 0.3) is 0 Å². The monoisotopic (exact) mass is 370 g/mol. The van der Waals surface area contributed by atoms with E-state index in [2.05, 4.69) is 42.5 Å². The summed E-state index contributed by atoms with van der Waals surface area (Å²) in [5.74, 6) is 1.94. The molecule has 0 aliphatic carbocycles. The number of hydrogen-bond acceptors (Lipinski definition) is 6. The summed E-state index contributed by atoms with van der Waals surface area (Å²) >= 11 is 0. The first-order chi connectivity index (χ1) is 13.2. The quantitative estimate of drug-likeness (QED) is 0.830. The molecule has 27 heavy (non-hydrogen) atoms. The number of carbonyl (C=O) groups is 1. The minimum Gasteiger partial charge on any atom is -0.354 e. The third-order valence-electron chi connectivity index (χ3n) is 5.29. The van der Waals surface area contributed by atoms with Gasteiger partial charge < -0.3 is 15.5 Å². The Morgan fingerprint density at radius 3 is 2.85 bits per heavy atom. The molecule has 2 atom stereocenters. The normalized spacial score (nSPS) is 22.2. The van der Waals surface area contributed by atoms with Gasteiger partial charge in [-0.1, -0.05) is 6.92 Å². The summed E-state index contributed by atoms with van der Waals surface area (Å²) in [5, 5.41) is 10.4. The van der Waals surface area contributed by atoms with Gasteiger partial charge in [-0.25, -0.2) is 24.4 Å².